The van der Waals surface area contributed by atoms with Gasteiger partial charge in [-0.05, 0) is 13.8 Å². The Bertz CT molecular complexity index is 649. The normalized spacial score (nSPS) is 16.2. The molecule has 0 saturated carbocycles. The minimum Gasteiger partial charge on any atom is -0.469 e. The van der Waals surface area contributed by atoms with Gasteiger partial charge in [0.2, 0.25) is 5.89 Å². The van der Waals surface area contributed by atoms with Crippen molar-refractivity contribution in [1.29, 1.82) is 0 Å². The van der Waals surface area contributed by atoms with Crippen LogP contribution < -0.4 is 0 Å². The topological polar surface area (TPSA) is 75.6 Å². The minimum atomic E-state index is 0.0544. The van der Waals surface area contributed by atoms with E-state index in [1.165, 1.54) is 0 Å². The summed E-state index contributed by atoms with van der Waals surface area (Å²) in [5.74, 6) is 2.01. The van der Waals surface area contributed by atoms with Gasteiger partial charge in [-0.2, -0.15) is 4.98 Å². The van der Waals surface area contributed by atoms with E-state index < -0.39 is 0 Å². The average molecular weight is 304 g/mol. The second-order valence-corrected chi connectivity index (χ2v) is 5.65. The Labute approximate surface area is 128 Å². The number of amides is 1. The van der Waals surface area contributed by atoms with Gasteiger partial charge in [-0.1, -0.05) is 5.16 Å². The Kier molecular flexibility index (Phi) is 3.98. The fourth-order valence-electron chi connectivity index (χ4n) is 2.76. The zero-order valence-electron chi connectivity index (χ0n) is 13.1. The number of hydrogen-bond donors (Lipinski definition) is 0. The van der Waals surface area contributed by atoms with E-state index in [4.69, 9.17) is 8.94 Å². The molecule has 0 atom stereocenters. The highest BCUT2D eigenvalue weighted by atomic mass is 16.5. The van der Waals surface area contributed by atoms with Gasteiger partial charge in [0.05, 0.1) is 18.4 Å². The molecule has 1 fully saturated rings. The van der Waals surface area contributed by atoms with Crippen LogP contribution in [-0.4, -0.2) is 52.0 Å². The van der Waals surface area contributed by atoms with Gasteiger partial charge in [-0.3, -0.25) is 9.69 Å². The molecule has 0 spiro atoms. The van der Waals surface area contributed by atoms with Crippen LogP contribution in [0.15, 0.2) is 15.2 Å². The van der Waals surface area contributed by atoms with E-state index in [-0.39, 0.29) is 5.91 Å². The van der Waals surface area contributed by atoms with Crippen molar-refractivity contribution in [3.05, 3.63) is 34.9 Å². The van der Waals surface area contributed by atoms with Crippen molar-refractivity contribution in [3.8, 4) is 0 Å². The van der Waals surface area contributed by atoms with Gasteiger partial charge in [0, 0.05) is 38.7 Å². The molecule has 118 valence electrons. The summed E-state index contributed by atoms with van der Waals surface area (Å²) in [4.78, 5) is 20.9. The van der Waals surface area contributed by atoms with Crippen molar-refractivity contribution in [3.63, 3.8) is 0 Å². The van der Waals surface area contributed by atoms with Gasteiger partial charge in [0.25, 0.3) is 5.91 Å². The molecule has 7 nitrogen and oxygen atoms in total. The van der Waals surface area contributed by atoms with E-state index in [9.17, 15) is 4.79 Å². The minimum absolute atomic E-state index is 0.0544. The summed E-state index contributed by atoms with van der Waals surface area (Å²) >= 11 is 0. The fourth-order valence-corrected chi connectivity index (χ4v) is 2.76. The molecule has 1 saturated heterocycles. The lowest BCUT2D eigenvalue weighted by Crippen LogP contribution is -2.48. The Morgan fingerprint density at radius 1 is 1.23 bits per heavy atom. The largest absolute Gasteiger partial charge is 0.469 e. The number of carbonyl (C=O) groups excluding carboxylic acids is 1. The first-order valence-electron chi connectivity index (χ1n) is 7.40. The van der Waals surface area contributed by atoms with Crippen molar-refractivity contribution in [2.75, 3.05) is 26.2 Å². The smallest absolute Gasteiger partial charge is 0.257 e. The zero-order chi connectivity index (χ0) is 15.7. The predicted octanol–water partition coefficient (Wildman–Crippen LogP) is 1.55. The Hall–Kier alpha value is -2.15. The first-order valence-corrected chi connectivity index (χ1v) is 7.40. The van der Waals surface area contributed by atoms with Crippen molar-refractivity contribution >= 4 is 5.91 Å². The third-order valence-corrected chi connectivity index (χ3v) is 3.97. The summed E-state index contributed by atoms with van der Waals surface area (Å²) in [5, 5.41) is 3.91. The molecule has 0 unspecified atom stereocenters. The van der Waals surface area contributed by atoms with E-state index >= 15 is 0 Å². The number of furan rings is 1. The molecule has 1 amide bonds. The Morgan fingerprint density at radius 2 is 1.95 bits per heavy atom. The Morgan fingerprint density at radius 3 is 2.50 bits per heavy atom. The lowest BCUT2D eigenvalue weighted by Gasteiger charge is -2.34. The Balaban J connectivity index is 1.58. The zero-order valence-corrected chi connectivity index (χ0v) is 13.1. The molecule has 3 heterocycles. The summed E-state index contributed by atoms with van der Waals surface area (Å²) in [6, 6.07) is 0. The molecular weight excluding hydrogens is 284 g/mol. The van der Waals surface area contributed by atoms with Crippen molar-refractivity contribution in [2.45, 2.75) is 27.3 Å². The maximum Gasteiger partial charge on any atom is 0.257 e. The highest BCUT2D eigenvalue weighted by Gasteiger charge is 2.26. The van der Waals surface area contributed by atoms with Crippen molar-refractivity contribution in [1.82, 2.24) is 19.9 Å². The number of hydrogen-bond acceptors (Lipinski definition) is 6. The summed E-state index contributed by atoms with van der Waals surface area (Å²) in [7, 11) is 0. The fraction of sp³-hybridized carbons (Fsp3) is 0.533. The maximum atomic E-state index is 12.6. The third kappa shape index (κ3) is 2.89. The first kappa shape index (κ1) is 14.8. The summed E-state index contributed by atoms with van der Waals surface area (Å²) < 4.78 is 10.3. The van der Waals surface area contributed by atoms with E-state index in [1.807, 2.05) is 18.7 Å². The van der Waals surface area contributed by atoms with Gasteiger partial charge >= 0.3 is 0 Å². The molecule has 2 aromatic rings. The molecule has 7 heteroatoms. The van der Waals surface area contributed by atoms with Crippen LogP contribution in [-0.2, 0) is 6.54 Å². The van der Waals surface area contributed by atoms with Gasteiger partial charge < -0.3 is 13.8 Å². The van der Waals surface area contributed by atoms with E-state index in [0.29, 0.717) is 42.7 Å². The van der Waals surface area contributed by atoms with Crippen LogP contribution in [0, 0.1) is 20.8 Å². The number of rotatable bonds is 3. The van der Waals surface area contributed by atoms with Crippen LogP contribution in [0.25, 0.3) is 0 Å². The van der Waals surface area contributed by atoms with Crippen LogP contribution in [0.1, 0.15) is 33.4 Å². The molecule has 2 aromatic heterocycles. The molecule has 1 aliphatic rings. The molecule has 22 heavy (non-hydrogen) atoms. The van der Waals surface area contributed by atoms with Gasteiger partial charge in [0.15, 0.2) is 5.82 Å². The number of nitrogens with zero attached hydrogens (tertiary/aromatic N) is 4. The van der Waals surface area contributed by atoms with Gasteiger partial charge in [-0.25, -0.2) is 0 Å². The highest BCUT2D eigenvalue weighted by molar-refractivity contribution is 5.96. The summed E-state index contributed by atoms with van der Waals surface area (Å²) in [6.07, 6.45) is 1.64. The SMILES string of the molecule is Cc1nc(CN2CCN(C(=O)c3c(C)coc3C)CC2)no1. The standard InChI is InChI=1S/C15H20N4O3/c1-10-9-21-11(2)14(10)15(20)19-6-4-18(5-7-19)8-13-16-12(3)22-17-13/h9H,4-8H2,1-3H3. The average Bonchev–Trinajstić information content (AvgIpc) is 3.05. The molecular formula is C15H20N4O3. The second-order valence-electron chi connectivity index (χ2n) is 5.65. The predicted molar refractivity (Wildman–Crippen MR) is 78.4 cm³/mol. The summed E-state index contributed by atoms with van der Waals surface area (Å²) in [6.45, 7) is 9.16. The molecule has 0 aliphatic carbocycles. The van der Waals surface area contributed by atoms with E-state index in [1.54, 1.807) is 13.2 Å². The number of carbonyl (C=O) groups is 1. The van der Waals surface area contributed by atoms with Crippen LogP contribution in [0.4, 0.5) is 0 Å². The first-order chi connectivity index (χ1) is 10.5. The number of aryl methyl sites for hydroxylation is 3. The van der Waals surface area contributed by atoms with E-state index in [2.05, 4.69) is 15.0 Å². The lowest BCUT2D eigenvalue weighted by molar-refractivity contribution is 0.0622. The van der Waals surface area contributed by atoms with E-state index in [0.717, 1.165) is 18.7 Å². The lowest BCUT2D eigenvalue weighted by atomic mass is 10.1. The summed E-state index contributed by atoms with van der Waals surface area (Å²) in [5.41, 5.74) is 1.59. The molecule has 0 aromatic carbocycles. The van der Waals surface area contributed by atoms with Crippen LogP contribution >= 0.6 is 0 Å². The monoisotopic (exact) mass is 304 g/mol. The van der Waals surface area contributed by atoms with Crippen LogP contribution in [0.2, 0.25) is 0 Å². The molecule has 3 rings (SSSR count). The molecule has 1 aliphatic heterocycles. The van der Waals surface area contributed by atoms with Gasteiger partial charge in [-0.15, -0.1) is 0 Å². The maximum absolute atomic E-state index is 12.6. The van der Waals surface area contributed by atoms with Crippen molar-refractivity contribution in [2.24, 2.45) is 0 Å². The molecule has 0 bridgehead atoms. The highest BCUT2D eigenvalue weighted by Crippen LogP contribution is 2.19. The van der Waals surface area contributed by atoms with Crippen molar-refractivity contribution < 1.29 is 13.7 Å². The second kappa shape index (κ2) is 5.92. The van der Waals surface area contributed by atoms with Crippen LogP contribution in [0.5, 0.6) is 0 Å². The molecule has 0 N–H and O–H groups in total. The molecule has 0 radical (unpaired) electrons. The number of piperazine rings is 1. The third-order valence-electron chi connectivity index (χ3n) is 3.97. The number of aromatic nitrogens is 2. The van der Waals surface area contributed by atoms with Crippen LogP contribution in [0.3, 0.4) is 0 Å². The quantitative estimate of drug-likeness (QED) is 0.856. The van der Waals surface area contributed by atoms with Gasteiger partial charge in [0.1, 0.15) is 5.76 Å².